The molecule has 34 heavy (non-hydrogen) atoms. The van der Waals surface area contributed by atoms with E-state index in [2.05, 4.69) is 19.2 Å². The number of amides is 1. The molecule has 0 saturated carbocycles. The van der Waals surface area contributed by atoms with E-state index < -0.39 is 5.63 Å². The van der Waals surface area contributed by atoms with Crippen LogP contribution in [0.3, 0.4) is 0 Å². The number of methoxy groups -OCH3 is 1. The number of rotatable bonds is 5. The van der Waals surface area contributed by atoms with Crippen LogP contribution in [0.5, 0.6) is 5.75 Å². The average molecular weight is 453 g/mol. The first-order valence-electron chi connectivity index (χ1n) is 11.0. The molecule has 0 unspecified atom stereocenters. The summed E-state index contributed by atoms with van der Waals surface area (Å²) in [5.41, 5.74) is 3.20. The molecule has 0 aliphatic heterocycles. The first kappa shape index (κ1) is 21.5. The molecule has 1 N–H and O–H groups in total. The Morgan fingerprint density at radius 1 is 0.882 bits per heavy atom. The molecule has 1 amide bonds. The van der Waals surface area contributed by atoms with Crippen molar-refractivity contribution in [1.82, 2.24) is 0 Å². The number of benzene rings is 3. The van der Waals surface area contributed by atoms with Gasteiger partial charge in [-0.2, -0.15) is 0 Å². The fraction of sp³-hybridized carbons (Fsp3) is 0.143. The van der Waals surface area contributed by atoms with Crippen LogP contribution < -0.4 is 15.7 Å². The summed E-state index contributed by atoms with van der Waals surface area (Å²) in [6.45, 7) is 4.20. The van der Waals surface area contributed by atoms with Gasteiger partial charge in [0.15, 0.2) is 5.76 Å². The van der Waals surface area contributed by atoms with Gasteiger partial charge in [0.2, 0.25) is 0 Å². The Morgan fingerprint density at radius 2 is 1.62 bits per heavy atom. The fourth-order valence-corrected chi connectivity index (χ4v) is 4.01. The van der Waals surface area contributed by atoms with E-state index >= 15 is 0 Å². The van der Waals surface area contributed by atoms with E-state index in [9.17, 15) is 9.59 Å². The molecule has 0 radical (unpaired) electrons. The summed E-state index contributed by atoms with van der Waals surface area (Å²) >= 11 is 0. The molecule has 2 heterocycles. The number of hydrogen-bond acceptors (Lipinski definition) is 5. The number of carbonyl (C=O) groups excluding carboxylic acids is 1. The Hall–Kier alpha value is -4.32. The molecule has 3 aromatic carbocycles. The summed E-state index contributed by atoms with van der Waals surface area (Å²) in [4.78, 5) is 25.6. The van der Waals surface area contributed by atoms with Gasteiger partial charge < -0.3 is 18.9 Å². The first-order chi connectivity index (χ1) is 16.4. The highest BCUT2D eigenvalue weighted by Gasteiger charge is 2.22. The maximum Gasteiger partial charge on any atom is 0.336 e. The summed E-state index contributed by atoms with van der Waals surface area (Å²) in [7, 11) is 1.57. The molecule has 0 spiro atoms. The maximum absolute atomic E-state index is 13.1. The lowest BCUT2D eigenvalue weighted by Gasteiger charge is -2.11. The second kappa shape index (κ2) is 8.56. The SMILES string of the molecule is COc1ccc(C(=O)Nc2c(-c3cc(=O)oc4ccc(C(C)C)cc34)oc3ccccc23)cc1. The van der Waals surface area contributed by atoms with Gasteiger partial charge in [0.05, 0.1) is 12.8 Å². The topological polar surface area (TPSA) is 81.7 Å². The standard InChI is InChI=1S/C28H23NO5/c1-16(2)18-10-13-24-21(14-18)22(15-25(30)33-24)27-26(20-6-4-5-7-23(20)34-27)29-28(31)17-8-11-19(32-3)12-9-17/h4-16H,1-3H3,(H,29,31). The van der Waals surface area contributed by atoms with Gasteiger partial charge >= 0.3 is 5.63 Å². The van der Waals surface area contributed by atoms with Gasteiger partial charge in [-0.25, -0.2) is 4.79 Å². The van der Waals surface area contributed by atoms with Crippen LogP contribution in [0.1, 0.15) is 35.7 Å². The van der Waals surface area contributed by atoms with Gasteiger partial charge in [-0.1, -0.05) is 32.0 Å². The molecule has 0 saturated heterocycles. The van der Waals surface area contributed by atoms with Crippen molar-refractivity contribution in [3.05, 3.63) is 94.3 Å². The average Bonchev–Trinajstić information content (AvgIpc) is 3.21. The molecule has 0 bridgehead atoms. The van der Waals surface area contributed by atoms with Crippen LogP contribution >= 0.6 is 0 Å². The van der Waals surface area contributed by atoms with Gasteiger partial charge in [-0.05, 0) is 60.0 Å². The third-order valence-electron chi connectivity index (χ3n) is 5.86. The lowest BCUT2D eigenvalue weighted by molar-refractivity contribution is 0.102. The number of nitrogens with one attached hydrogen (secondary N) is 1. The molecule has 5 rings (SSSR count). The third kappa shape index (κ3) is 3.83. The van der Waals surface area contributed by atoms with Crippen molar-refractivity contribution < 1.29 is 18.4 Å². The minimum atomic E-state index is -0.493. The Balaban J connectivity index is 1.70. The summed E-state index contributed by atoms with van der Waals surface area (Å²) in [5, 5.41) is 4.48. The molecule has 0 fully saturated rings. The molecule has 2 aromatic heterocycles. The van der Waals surface area contributed by atoms with E-state index in [0.717, 1.165) is 16.3 Å². The molecule has 6 heteroatoms. The highest BCUT2D eigenvalue weighted by atomic mass is 16.5. The number of carbonyl (C=O) groups is 1. The highest BCUT2D eigenvalue weighted by Crippen LogP contribution is 2.41. The van der Waals surface area contributed by atoms with E-state index in [1.165, 1.54) is 6.07 Å². The minimum absolute atomic E-state index is 0.286. The van der Waals surface area contributed by atoms with Crippen LogP contribution in [0.25, 0.3) is 33.3 Å². The van der Waals surface area contributed by atoms with E-state index in [0.29, 0.717) is 39.5 Å². The van der Waals surface area contributed by atoms with Crippen LogP contribution in [0, 0.1) is 0 Å². The predicted molar refractivity (Wildman–Crippen MR) is 133 cm³/mol. The van der Waals surface area contributed by atoms with Crippen molar-refractivity contribution in [2.24, 2.45) is 0 Å². The van der Waals surface area contributed by atoms with Gasteiger partial charge in [-0.15, -0.1) is 0 Å². The number of anilines is 1. The smallest absolute Gasteiger partial charge is 0.336 e. The van der Waals surface area contributed by atoms with E-state index in [1.54, 1.807) is 37.4 Å². The van der Waals surface area contributed by atoms with Gasteiger partial charge in [0.25, 0.3) is 5.91 Å². The van der Waals surface area contributed by atoms with Crippen LogP contribution in [-0.2, 0) is 0 Å². The van der Waals surface area contributed by atoms with Crippen LogP contribution in [0.4, 0.5) is 5.69 Å². The van der Waals surface area contributed by atoms with E-state index in [-0.39, 0.29) is 11.8 Å². The molecule has 5 aromatic rings. The fourth-order valence-electron chi connectivity index (χ4n) is 4.01. The van der Waals surface area contributed by atoms with Crippen LogP contribution in [0.2, 0.25) is 0 Å². The summed E-state index contributed by atoms with van der Waals surface area (Å²) in [5.74, 6) is 1.05. The number of ether oxygens (including phenoxy) is 1. The van der Waals surface area contributed by atoms with Gasteiger partial charge in [0.1, 0.15) is 16.9 Å². The zero-order chi connectivity index (χ0) is 23.8. The highest BCUT2D eigenvalue weighted by molar-refractivity contribution is 6.13. The lowest BCUT2D eigenvalue weighted by Crippen LogP contribution is -2.12. The molecule has 0 atom stereocenters. The summed E-state index contributed by atoms with van der Waals surface area (Å²) < 4.78 is 16.8. The Bertz CT molecular complexity index is 1570. The maximum atomic E-state index is 13.1. The van der Waals surface area contributed by atoms with Gasteiger partial charge in [0, 0.05) is 28.0 Å². The van der Waals surface area contributed by atoms with Crippen molar-refractivity contribution in [3.8, 4) is 17.1 Å². The van der Waals surface area contributed by atoms with E-state index in [1.807, 2.05) is 36.4 Å². The lowest BCUT2D eigenvalue weighted by atomic mass is 9.98. The van der Waals surface area contributed by atoms with Crippen molar-refractivity contribution in [2.75, 3.05) is 12.4 Å². The Kier molecular flexibility index (Phi) is 5.42. The number of furan rings is 1. The molecule has 0 aliphatic carbocycles. The molecule has 170 valence electrons. The summed E-state index contributed by atoms with van der Waals surface area (Å²) in [6, 6.07) is 21.4. The van der Waals surface area contributed by atoms with Crippen molar-refractivity contribution in [1.29, 1.82) is 0 Å². The monoisotopic (exact) mass is 453 g/mol. The number of fused-ring (bicyclic) bond motifs is 2. The minimum Gasteiger partial charge on any atom is -0.497 e. The number of hydrogen-bond donors (Lipinski definition) is 1. The van der Waals surface area contributed by atoms with Crippen molar-refractivity contribution in [3.63, 3.8) is 0 Å². The van der Waals surface area contributed by atoms with Crippen LogP contribution in [0.15, 0.2) is 86.4 Å². The summed E-state index contributed by atoms with van der Waals surface area (Å²) in [6.07, 6.45) is 0. The normalized spacial score (nSPS) is 11.3. The predicted octanol–water partition coefficient (Wildman–Crippen LogP) is 6.59. The molecule has 0 aliphatic rings. The zero-order valence-corrected chi connectivity index (χ0v) is 19.0. The Labute approximate surface area is 195 Å². The quantitative estimate of drug-likeness (QED) is 0.304. The van der Waals surface area contributed by atoms with Crippen molar-refractivity contribution in [2.45, 2.75) is 19.8 Å². The largest absolute Gasteiger partial charge is 0.497 e. The van der Waals surface area contributed by atoms with Crippen LogP contribution in [-0.4, -0.2) is 13.0 Å². The van der Waals surface area contributed by atoms with Gasteiger partial charge in [-0.3, -0.25) is 4.79 Å². The zero-order valence-electron chi connectivity index (χ0n) is 19.0. The number of para-hydroxylation sites is 1. The second-order valence-corrected chi connectivity index (χ2v) is 8.37. The first-order valence-corrected chi connectivity index (χ1v) is 11.0. The molecular weight excluding hydrogens is 430 g/mol. The molecule has 6 nitrogen and oxygen atoms in total. The third-order valence-corrected chi connectivity index (χ3v) is 5.86. The van der Waals surface area contributed by atoms with Crippen molar-refractivity contribution >= 4 is 33.5 Å². The van der Waals surface area contributed by atoms with E-state index in [4.69, 9.17) is 13.6 Å². The second-order valence-electron chi connectivity index (χ2n) is 8.37. The Morgan fingerprint density at radius 3 is 2.35 bits per heavy atom. The molecular formula is C28H23NO5.